The van der Waals surface area contributed by atoms with E-state index in [1.54, 1.807) is 0 Å². The van der Waals surface area contributed by atoms with E-state index in [0.29, 0.717) is 13.2 Å². The molecule has 138 valence electrons. The Morgan fingerprint density at radius 2 is 1.81 bits per heavy atom. The van der Waals surface area contributed by atoms with Gasteiger partial charge in [-0.1, -0.05) is 30.3 Å². The largest absolute Gasteiger partial charge is 0.494 e. The lowest BCUT2D eigenvalue weighted by Crippen LogP contribution is -2.44. The lowest BCUT2D eigenvalue weighted by molar-refractivity contribution is 0.182. The molecule has 0 bridgehead atoms. The van der Waals surface area contributed by atoms with Crippen LogP contribution in [-0.2, 0) is 6.54 Å². The molecule has 0 saturated heterocycles. The average Bonchev–Trinajstić information content (AvgIpc) is 3.18. The van der Waals surface area contributed by atoms with Gasteiger partial charge in [0.15, 0.2) is 0 Å². The quantitative estimate of drug-likeness (QED) is 0.742. The van der Waals surface area contributed by atoms with Crippen LogP contribution in [0.25, 0.3) is 0 Å². The predicted octanol–water partition coefficient (Wildman–Crippen LogP) is 4.52. The molecule has 2 amide bonds. The molecule has 1 aliphatic rings. The Morgan fingerprint density at radius 3 is 2.56 bits per heavy atom. The van der Waals surface area contributed by atoms with Crippen molar-refractivity contribution in [3.63, 3.8) is 0 Å². The summed E-state index contributed by atoms with van der Waals surface area (Å²) in [6.07, 6.45) is 2.08. The van der Waals surface area contributed by atoms with Crippen LogP contribution in [0.2, 0.25) is 0 Å². The van der Waals surface area contributed by atoms with Crippen LogP contribution in [0.3, 0.4) is 0 Å². The third kappa shape index (κ3) is 3.53. The predicted molar refractivity (Wildman–Crippen MR) is 106 cm³/mol. The van der Waals surface area contributed by atoms with Crippen LogP contribution < -0.4 is 10.1 Å². The maximum absolute atomic E-state index is 13.1. The first-order valence-corrected chi connectivity index (χ1v) is 9.26. The molecule has 0 fully saturated rings. The van der Waals surface area contributed by atoms with Gasteiger partial charge in [0.1, 0.15) is 5.75 Å². The van der Waals surface area contributed by atoms with Gasteiger partial charge in [-0.2, -0.15) is 0 Å². The Hall–Kier alpha value is -3.21. The number of nitrogens with one attached hydrogen (secondary N) is 1. The smallest absolute Gasteiger partial charge is 0.322 e. The minimum atomic E-state index is -0.0994. The van der Waals surface area contributed by atoms with Gasteiger partial charge in [0.25, 0.3) is 0 Å². The molecule has 2 heterocycles. The highest BCUT2D eigenvalue weighted by atomic mass is 16.5. The maximum Gasteiger partial charge on any atom is 0.322 e. The number of carbonyl (C=O) groups excluding carboxylic acids is 1. The second kappa shape index (κ2) is 7.58. The van der Waals surface area contributed by atoms with Gasteiger partial charge in [-0.05, 0) is 48.9 Å². The normalized spacial score (nSPS) is 15.9. The molecular formula is C22H23N3O2. The Labute approximate surface area is 159 Å². The summed E-state index contributed by atoms with van der Waals surface area (Å²) in [5, 5.41) is 3.03. The van der Waals surface area contributed by atoms with E-state index in [9.17, 15) is 4.79 Å². The van der Waals surface area contributed by atoms with E-state index in [4.69, 9.17) is 4.74 Å². The standard InChI is InChI=1S/C22H23N3O2/c1-2-27-19-12-10-18(11-13-19)23-22(26)25-16-15-24-14-6-9-20(24)21(25)17-7-4-3-5-8-17/h3-14,21H,2,15-16H2,1H3,(H,23,26)/t21-/m1/s1. The molecule has 0 saturated carbocycles. The van der Waals surface area contributed by atoms with Gasteiger partial charge >= 0.3 is 6.03 Å². The van der Waals surface area contributed by atoms with Gasteiger partial charge in [0, 0.05) is 30.7 Å². The summed E-state index contributed by atoms with van der Waals surface area (Å²) in [5.41, 5.74) is 3.00. The summed E-state index contributed by atoms with van der Waals surface area (Å²) in [6.45, 7) is 4.02. The van der Waals surface area contributed by atoms with Gasteiger partial charge in [-0.25, -0.2) is 4.79 Å². The summed E-state index contributed by atoms with van der Waals surface area (Å²) in [6, 6.07) is 21.6. The van der Waals surface area contributed by atoms with Crippen LogP contribution in [0.15, 0.2) is 72.9 Å². The molecule has 1 atom stereocenters. The molecule has 1 aliphatic heterocycles. The third-order valence-electron chi connectivity index (χ3n) is 4.83. The highest BCUT2D eigenvalue weighted by molar-refractivity contribution is 5.90. The zero-order valence-corrected chi connectivity index (χ0v) is 15.3. The highest BCUT2D eigenvalue weighted by Crippen LogP contribution is 2.32. The van der Waals surface area contributed by atoms with Gasteiger partial charge in [0.2, 0.25) is 0 Å². The first kappa shape index (κ1) is 17.2. The summed E-state index contributed by atoms with van der Waals surface area (Å²) >= 11 is 0. The first-order valence-electron chi connectivity index (χ1n) is 9.26. The summed E-state index contributed by atoms with van der Waals surface area (Å²) < 4.78 is 7.68. The number of fused-ring (bicyclic) bond motifs is 1. The number of rotatable bonds is 4. The lowest BCUT2D eigenvalue weighted by Gasteiger charge is -2.37. The number of amides is 2. The molecule has 0 radical (unpaired) electrons. The van der Waals surface area contributed by atoms with Crippen LogP contribution in [0, 0.1) is 0 Å². The number of hydrogen-bond donors (Lipinski definition) is 1. The zero-order chi connectivity index (χ0) is 18.6. The summed E-state index contributed by atoms with van der Waals surface area (Å²) in [4.78, 5) is 15.0. The van der Waals surface area contributed by atoms with Gasteiger partial charge in [0.05, 0.1) is 12.6 Å². The lowest BCUT2D eigenvalue weighted by atomic mass is 10.0. The number of hydrogen-bond acceptors (Lipinski definition) is 2. The Bertz CT molecular complexity index is 903. The molecule has 1 aromatic heterocycles. The van der Waals surface area contributed by atoms with Crippen molar-refractivity contribution in [2.45, 2.75) is 19.5 Å². The number of aromatic nitrogens is 1. The van der Waals surface area contributed by atoms with Crippen molar-refractivity contribution in [2.75, 3.05) is 18.5 Å². The van der Waals surface area contributed by atoms with Crippen molar-refractivity contribution in [3.05, 3.63) is 84.2 Å². The van der Waals surface area contributed by atoms with Crippen LogP contribution in [0.1, 0.15) is 24.2 Å². The monoisotopic (exact) mass is 361 g/mol. The number of benzene rings is 2. The van der Waals surface area contributed by atoms with Crippen molar-refractivity contribution < 1.29 is 9.53 Å². The van der Waals surface area contributed by atoms with E-state index in [-0.39, 0.29) is 12.1 Å². The maximum atomic E-state index is 13.1. The van der Waals surface area contributed by atoms with Crippen molar-refractivity contribution in [2.24, 2.45) is 0 Å². The fourth-order valence-electron chi connectivity index (χ4n) is 3.58. The van der Waals surface area contributed by atoms with Crippen molar-refractivity contribution in [3.8, 4) is 5.75 Å². The molecule has 2 aromatic carbocycles. The van der Waals surface area contributed by atoms with Crippen LogP contribution in [0.4, 0.5) is 10.5 Å². The van der Waals surface area contributed by atoms with Gasteiger partial charge in [-0.3, -0.25) is 0 Å². The minimum Gasteiger partial charge on any atom is -0.494 e. The number of nitrogens with zero attached hydrogens (tertiary/aromatic N) is 2. The number of urea groups is 1. The number of anilines is 1. The molecule has 0 aliphatic carbocycles. The van der Waals surface area contributed by atoms with Crippen molar-refractivity contribution in [1.29, 1.82) is 0 Å². The second-order valence-electron chi connectivity index (χ2n) is 6.52. The zero-order valence-electron chi connectivity index (χ0n) is 15.3. The van der Waals surface area contributed by atoms with E-state index < -0.39 is 0 Å². The van der Waals surface area contributed by atoms with E-state index in [1.165, 1.54) is 0 Å². The average molecular weight is 361 g/mol. The van der Waals surface area contributed by atoms with Crippen LogP contribution >= 0.6 is 0 Å². The van der Waals surface area contributed by atoms with Crippen molar-refractivity contribution in [1.82, 2.24) is 9.47 Å². The molecule has 27 heavy (non-hydrogen) atoms. The first-order chi connectivity index (χ1) is 13.3. The Morgan fingerprint density at radius 1 is 1.04 bits per heavy atom. The number of carbonyl (C=O) groups is 1. The molecular weight excluding hydrogens is 338 g/mol. The fourth-order valence-corrected chi connectivity index (χ4v) is 3.58. The summed E-state index contributed by atoms with van der Waals surface area (Å²) in [5.74, 6) is 0.800. The van der Waals surface area contributed by atoms with Crippen LogP contribution in [0.5, 0.6) is 5.75 Å². The second-order valence-corrected chi connectivity index (χ2v) is 6.52. The van der Waals surface area contributed by atoms with E-state index in [1.807, 2.05) is 60.4 Å². The fraction of sp³-hybridized carbons (Fsp3) is 0.227. The van der Waals surface area contributed by atoms with E-state index >= 15 is 0 Å². The van der Waals surface area contributed by atoms with Crippen molar-refractivity contribution >= 4 is 11.7 Å². The highest BCUT2D eigenvalue weighted by Gasteiger charge is 2.32. The molecule has 4 rings (SSSR count). The van der Waals surface area contributed by atoms with Gasteiger partial charge in [-0.15, -0.1) is 0 Å². The summed E-state index contributed by atoms with van der Waals surface area (Å²) in [7, 11) is 0. The SMILES string of the molecule is CCOc1ccc(NC(=O)N2CCn3cccc3[C@H]2c2ccccc2)cc1. The molecule has 0 unspecified atom stereocenters. The number of ether oxygens (including phenoxy) is 1. The van der Waals surface area contributed by atoms with Gasteiger partial charge < -0.3 is 19.5 Å². The molecule has 5 heteroatoms. The molecule has 3 aromatic rings. The minimum absolute atomic E-state index is 0.0968. The van der Waals surface area contributed by atoms with Crippen LogP contribution in [-0.4, -0.2) is 28.6 Å². The van der Waals surface area contributed by atoms with E-state index in [0.717, 1.165) is 29.2 Å². The Kier molecular flexibility index (Phi) is 4.83. The third-order valence-corrected chi connectivity index (χ3v) is 4.83. The molecule has 1 N–H and O–H groups in total. The Balaban J connectivity index is 1.58. The van der Waals surface area contributed by atoms with E-state index in [2.05, 4.69) is 34.3 Å². The topological polar surface area (TPSA) is 46.5 Å². The molecule has 5 nitrogen and oxygen atoms in total. The molecule has 0 spiro atoms.